The van der Waals surface area contributed by atoms with E-state index in [0.717, 1.165) is 53.5 Å². The third-order valence-electron chi connectivity index (χ3n) is 8.27. The van der Waals surface area contributed by atoms with Crippen LogP contribution in [-0.4, -0.2) is 66.5 Å². The van der Waals surface area contributed by atoms with Gasteiger partial charge in [-0.05, 0) is 74.2 Å². The number of piperidine rings is 1. The number of benzene rings is 3. The minimum atomic E-state index is -0.751. The van der Waals surface area contributed by atoms with Gasteiger partial charge in [-0.15, -0.1) is 0 Å². The first kappa shape index (κ1) is 28.4. The highest BCUT2D eigenvalue weighted by Crippen LogP contribution is 2.30. The number of fused-ring (bicyclic) bond motifs is 1. The van der Waals surface area contributed by atoms with Gasteiger partial charge < -0.3 is 25.4 Å². The molecule has 3 amide bonds. The monoisotopic (exact) mass is 551 g/mol. The van der Waals surface area contributed by atoms with E-state index in [0.29, 0.717) is 19.0 Å². The molecule has 0 bridgehead atoms. The van der Waals surface area contributed by atoms with Crippen LogP contribution in [0.2, 0.25) is 0 Å². The highest BCUT2D eigenvalue weighted by molar-refractivity contribution is 5.98. The topological polar surface area (TPSA) is 80.5 Å². The molecular formula is C34H41N5O2. The zero-order chi connectivity index (χ0) is 28.8. The first-order valence-corrected chi connectivity index (χ1v) is 14.6. The summed E-state index contributed by atoms with van der Waals surface area (Å²) in [6.45, 7) is 4.26. The van der Waals surface area contributed by atoms with Gasteiger partial charge in [0.1, 0.15) is 6.04 Å². The quantitative estimate of drug-likeness (QED) is 0.240. The van der Waals surface area contributed by atoms with Gasteiger partial charge in [0, 0.05) is 48.3 Å². The van der Waals surface area contributed by atoms with E-state index in [1.807, 2.05) is 60.5 Å². The van der Waals surface area contributed by atoms with E-state index in [-0.39, 0.29) is 17.9 Å². The van der Waals surface area contributed by atoms with E-state index in [4.69, 9.17) is 0 Å². The number of hydrogen-bond acceptors (Lipinski definition) is 3. The minimum absolute atomic E-state index is 0.192. The molecule has 41 heavy (non-hydrogen) atoms. The maximum atomic E-state index is 13.9. The Balaban J connectivity index is 1.32. The Morgan fingerprint density at radius 3 is 2.46 bits per heavy atom. The highest BCUT2D eigenvalue weighted by Gasteiger charge is 2.32. The van der Waals surface area contributed by atoms with Crippen molar-refractivity contribution in [1.82, 2.24) is 20.1 Å². The fraction of sp³-hybridized carbons (Fsp3) is 0.353. The lowest BCUT2D eigenvalue weighted by molar-refractivity contribution is -0.118. The summed E-state index contributed by atoms with van der Waals surface area (Å²) in [5.74, 6) is -0.0294. The van der Waals surface area contributed by atoms with Crippen LogP contribution < -0.4 is 10.6 Å². The number of likely N-dealkylation sites (tertiary alicyclic amines) is 1. The average Bonchev–Trinajstić information content (AvgIpc) is 3.43. The molecule has 2 unspecified atom stereocenters. The Morgan fingerprint density at radius 1 is 0.976 bits per heavy atom. The number of nitrogens with one attached hydrogen (secondary N) is 3. The summed E-state index contributed by atoms with van der Waals surface area (Å²) in [7, 11) is 4.10. The first-order chi connectivity index (χ1) is 19.9. The number of anilines is 1. The summed E-state index contributed by atoms with van der Waals surface area (Å²) >= 11 is 0. The second-order valence-electron chi connectivity index (χ2n) is 11.4. The molecule has 1 aromatic heterocycles. The fourth-order valence-electron chi connectivity index (χ4n) is 5.81. The van der Waals surface area contributed by atoms with Gasteiger partial charge in [0.05, 0.1) is 0 Å². The predicted molar refractivity (Wildman–Crippen MR) is 166 cm³/mol. The number of aromatic amines is 1. The normalized spacial score (nSPS) is 15.6. The molecule has 0 radical (unpaired) electrons. The van der Waals surface area contributed by atoms with Crippen LogP contribution in [0.1, 0.15) is 48.3 Å². The third-order valence-corrected chi connectivity index (χ3v) is 8.27. The fourth-order valence-corrected chi connectivity index (χ4v) is 5.81. The summed E-state index contributed by atoms with van der Waals surface area (Å²) in [5.41, 5.74) is 5.23. The van der Waals surface area contributed by atoms with E-state index >= 15 is 0 Å². The molecular weight excluding hydrogens is 510 g/mol. The SMILES string of the molecule is CC(c1c[nH]c2ccccc12)C(NC(=O)N1CCC(c2ccccc2)CC1)C(=O)Nc1cccc(CCN(C)C)c1. The number of para-hydroxylation sites is 1. The summed E-state index contributed by atoms with van der Waals surface area (Å²) in [6.07, 6.45) is 4.66. The van der Waals surface area contributed by atoms with Crippen molar-refractivity contribution in [3.05, 3.63) is 102 Å². The standard InChI is InChI=1S/C34H41N5O2/c1-24(30-23-35-31-15-8-7-14-29(30)31)32(33(40)36-28-13-9-10-25(22-28)16-19-38(2)3)37-34(41)39-20-17-27(18-21-39)26-11-5-4-6-12-26/h4-15,22-24,27,32,35H,16-21H2,1-3H3,(H,36,40)(H,37,41). The number of hydrogen-bond donors (Lipinski definition) is 3. The van der Waals surface area contributed by atoms with Crippen molar-refractivity contribution in [2.75, 3.05) is 39.0 Å². The van der Waals surface area contributed by atoms with Crippen molar-refractivity contribution in [3.63, 3.8) is 0 Å². The number of H-pyrrole nitrogens is 1. The van der Waals surface area contributed by atoms with Crippen LogP contribution in [0.5, 0.6) is 0 Å². The van der Waals surface area contributed by atoms with Crippen molar-refractivity contribution < 1.29 is 9.59 Å². The largest absolute Gasteiger partial charge is 0.361 e. The number of rotatable bonds is 9. The van der Waals surface area contributed by atoms with Gasteiger partial charge in [0.2, 0.25) is 5.91 Å². The highest BCUT2D eigenvalue weighted by atomic mass is 16.2. The second kappa shape index (κ2) is 13.0. The Labute approximate surface area is 242 Å². The Morgan fingerprint density at radius 2 is 1.71 bits per heavy atom. The molecule has 5 rings (SSSR count). The maximum absolute atomic E-state index is 13.9. The zero-order valence-corrected chi connectivity index (χ0v) is 24.3. The lowest BCUT2D eigenvalue weighted by atomic mass is 9.89. The number of amides is 3. The third kappa shape index (κ3) is 6.98. The molecule has 4 aromatic rings. The van der Waals surface area contributed by atoms with Crippen molar-refractivity contribution in [2.24, 2.45) is 0 Å². The van der Waals surface area contributed by atoms with Gasteiger partial charge in [0.25, 0.3) is 0 Å². The first-order valence-electron chi connectivity index (χ1n) is 14.6. The van der Waals surface area contributed by atoms with Crippen LogP contribution in [0.4, 0.5) is 10.5 Å². The number of aromatic nitrogens is 1. The van der Waals surface area contributed by atoms with Gasteiger partial charge in [-0.1, -0.05) is 67.6 Å². The van der Waals surface area contributed by atoms with Crippen LogP contribution in [0.25, 0.3) is 10.9 Å². The number of carbonyl (C=O) groups excluding carboxylic acids is 2. The molecule has 0 spiro atoms. The molecule has 1 saturated heterocycles. The van der Waals surface area contributed by atoms with Crippen molar-refractivity contribution in [3.8, 4) is 0 Å². The summed E-state index contributed by atoms with van der Waals surface area (Å²) in [5, 5.41) is 7.28. The minimum Gasteiger partial charge on any atom is -0.361 e. The molecule has 1 fully saturated rings. The molecule has 7 heteroatoms. The van der Waals surface area contributed by atoms with Crippen LogP contribution in [0, 0.1) is 0 Å². The number of nitrogens with zero attached hydrogens (tertiary/aromatic N) is 2. The van der Waals surface area contributed by atoms with E-state index in [1.165, 1.54) is 5.56 Å². The maximum Gasteiger partial charge on any atom is 0.318 e. The van der Waals surface area contributed by atoms with Crippen molar-refractivity contribution in [2.45, 2.75) is 44.1 Å². The van der Waals surface area contributed by atoms with Gasteiger partial charge in [-0.3, -0.25) is 4.79 Å². The second-order valence-corrected chi connectivity index (χ2v) is 11.4. The zero-order valence-electron chi connectivity index (χ0n) is 24.3. The summed E-state index contributed by atoms with van der Waals surface area (Å²) < 4.78 is 0. The van der Waals surface area contributed by atoms with Crippen LogP contribution in [-0.2, 0) is 11.2 Å². The van der Waals surface area contributed by atoms with E-state index in [1.54, 1.807) is 0 Å². The van der Waals surface area contributed by atoms with E-state index in [9.17, 15) is 9.59 Å². The van der Waals surface area contributed by atoms with Gasteiger partial charge in [0.15, 0.2) is 0 Å². The van der Waals surface area contributed by atoms with E-state index < -0.39 is 6.04 Å². The van der Waals surface area contributed by atoms with Crippen LogP contribution >= 0.6 is 0 Å². The smallest absolute Gasteiger partial charge is 0.318 e. The lowest BCUT2D eigenvalue weighted by Crippen LogP contribution is -2.53. The Kier molecular flexibility index (Phi) is 9.04. The molecule has 214 valence electrons. The van der Waals surface area contributed by atoms with E-state index in [2.05, 4.69) is 71.0 Å². The summed E-state index contributed by atoms with van der Waals surface area (Å²) in [4.78, 5) is 34.7. The molecule has 7 nitrogen and oxygen atoms in total. The number of likely N-dealkylation sites (N-methyl/N-ethyl adjacent to an activating group) is 1. The Bertz CT molecular complexity index is 1460. The Hall–Kier alpha value is -4.10. The van der Waals surface area contributed by atoms with Gasteiger partial charge in [-0.2, -0.15) is 0 Å². The average molecular weight is 552 g/mol. The number of urea groups is 1. The molecule has 3 N–H and O–H groups in total. The lowest BCUT2D eigenvalue weighted by Gasteiger charge is -2.34. The van der Waals surface area contributed by atoms with Crippen LogP contribution in [0.15, 0.2) is 85.1 Å². The molecule has 0 aliphatic carbocycles. The van der Waals surface area contributed by atoms with Gasteiger partial charge >= 0.3 is 6.03 Å². The molecule has 1 aliphatic rings. The molecule has 1 aliphatic heterocycles. The van der Waals surface area contributed by atoms with Crippen molar-refractivity contribution >= 4 is 28.5 Å². The molecule has 2 atom stereocenters. The predicted octanol–water partition coefficient (Wildman–Crippen LogP) is 5.97. The molecule has 3 aromatic carbocycles. The van der Waals surface area contributed by atoms with Crippen LogP contribution in [0.3, 0.4) is 0 Å². The summed E-state index contributed by atoms with van der Waals surface area (Å²) in [6, 6.07) is 25.6. The van der Waals surface area contributed by atoms with Crippen molar-refractivity contribution in [1.29, 1.82) is 0 Å². The molecule has 0 saturated carbocycles. The number of carbonyl (C=O) groups is 2. The van der Waals surface area contributed by atoms with Gasteiger partial charge in [-0.25, -0.2) is 4.79 Å². The molecule has 2 heterocycles.